The molecule has 27 heavy (non-hydrogen) atoms. The zero-order valence-electron chi connectivity index (χ0n) is 15.0. The molecule has 1 aromatic heterocycles. The summed E-state index contributed by atoms with van der Waals surface area (Å²) in [6.07, 6.45) is 5.21. The van der Waals surface area contributed by atoms with Crippen LogP contribution >= 0.6 is 12.2 Å². The molecule has 144 valence electrons. The highest BCUT2D eigenvalue weighted by atomic mass is 32.2. The molecule has 0 spiro atoms. The number of hydrogen-bond acceptors (Lipinski definition) is 5. The first-order valence-electron chi connectivity index (χ1n) is 8.62. The van der Waals surface area contributed by atoms with Crippen molar-refractivity contribution < 1.29 is 13.2 Å². The van der Waals surface area contributed by atoms with Crippen molar-refractivity contribution in [3.63, 3.8) is 0 Å². The topological polar surface area (TPSA) is 83.6 Å². The van der Waals surface area contributed by atoms with Gasteiger partial charge in [-0.05, 0) is 61.0 Å². The maximum absolute atomic E-state index is 12.8. The molecular weight excluding hydrogens is 384 g/mol. The lowest BCUT2D eigenvalue weighted by molar-refractivity contribution is 0.416. The molecule has 0 bridgehead atoms. The van der Waals surface area contributed by atoms with E-state index in [2.05, 4.69) is 15.6 Å². The van der Waals surface area contributed by atoms with Gasteiger partial charge in [-0.25, -0.2) is 8.42 Å². The molecule has 0 amide bonds. The van der Waals surface area contributed by atoms with Crippen LogP contribution in [0.2, 0.25) is 0 Å². The highest BCUT2D eigenvalue weighted by Gasteiger charge is 2.27. The van der Waals surface area contributed by atoms with E-state index < -0.39 is 10.0 Å². The van der Waals surface area contributed by atoms with Gasteiger partial charge in [-0.1, -0.05) is 0 Å². The Balaban J connectivity index is 1.74. The zero-order valence-corrected chi connectivity index (χ0v) is 16.6. The summed E-state index contributed by atoms with van der Waals surface area (Å²) in [6, 6.07) is 8.54. The molecular formula is C18H22N4O3S2. The Morgan fingerprint density at radius 3 is 2.59 bits per heavy atom. The van der Waals surface area contributed by atoms with Crippen molar-refractivity contribution in [2.24, 2.45) is 0 Å². The number of anilines is 1. The third kappa shape index (κ3) is 4.74. The standard InChI is InChI=1S/C18H22N4O3S2/c1-25-17-5-4-15(27(23,24)22-10-2-3-11-22)12-16(17)21-18(26)20-13-14-6-8-19-9-7-14/h4-9,12H,2-3,10-11,13H2,1H3,(H2,20,21,26). The van der Waals surface area contributed by atoms with Crippen molar-refractivity contribution in [2.75, 3.05) is 25.5 Å². The van der Waals surface area contributed by atoms with E-state index in [1.54, 1.807) is 30.6 Å². The molecule has 1 aliphatic heterocycles. The fourth-order valence-corrected chi connectivity index (χ4v) is 4.60. The first-order valence-corrected chi connectivity index (χ1v) is 10.5. The van der Waals surface area contributed by atoms with Gasteiger partial charge in [-0.2, -0.15) is 4.31 Å². The predicted octanol–water partition coefficient (Wildman–Crippen LogP) is 2.36. The predicted molar refractivity (Wildman–Crippen MR) is 108 cm³/mol. The molecule has 1 saturated heterocycles. The number of nitrogens with zero attached hydrogens (tertiary/aromatic N) is 2. The highest BCUT2D eigenvalue weighted by molar-refractivity contribution is 7.89. The summed E-state index contributed by atoms with van der Waals surface area (Å²) in [6.45, 7) is 1.65. The van der Waals surface area contributed by atoms with Crippen molar-refractivity contribution >= 4 is 33.0 Å². The van der Waals surface area contributed by atoms with Crippen molar-refractivity contribution in [3.8, 4) is 5.75 Å². The van der Waals surface area contributed by atoms with Crippen LogP contribution in [0.25, 0.3) is 0 Å². The van der Waals surface area contributed by atoms with Crippen molar-refractivity contribution in [3.05, 3.63) is 48.3 Å². The molecule has 0 aliphatic carbocycles. The number of rotatable bonds is 6. The van der Waals surface area contributed by atoms with Crippen LogP contribution in [-0.2, 0) is 16.6 Å². The van der Waals surface area contributed by atoms with Crippen LogP contribution < -0.4 is 15.4 Å². The van der Waals surface area contributed by atoms with Crippen LogP contribution in [0.3, 0.4) is 0 Å². The van der Waals surface area contributed by atoms with E-state index in [-0.39, 0.29) is 4.90 Å². The van der Waals surface area contributed by atoms with Gasteiger partial charge in [0.05, 0.1) is 17.7 Å². The van der Waals surface area contributed by atoms with E-state index >= 15 is 0 Å². The molecule has 2 aromatic rings. The van der Waals surface area contributed by atoms with Gasteiger partial charge in [-0.15, -0.1) is 0 Å². The Morgan fingerprint density at radius 1 is 1.22 bits per heavy atom. The number of hydrogen-bond donors (Lipinski definition) is 2. The molecule has 7 nitrogen and oxygen atoms in total. The van der Waals surface area contributed by atoms with Gasteiger partial charge >= 0.3 is 0 Å². The number of thiocarbonyl (C=S) groups is 1. The molecule has 1 aliphatic rings. The first kappa shape index (κ1) is 19.5. The molecule has 2 N–H and O–H groups in total. The van der Waals surface area contributed by atoms with Gasteiger partial charge in [0.15, 0.2) is 5.11 Å². The van der Waals surface area contributed by atoms with E-state index in [9.17, 15) is 8.42 Å². The maximum Gasteiger partial charge on any atom is 0.243 e. The average Bonchev–Trinajstić information content (AvgIpc) is 3.23. The number of pyridine rings is 1. The Labute approximate surface area is 164 Å². The third-order valence-electron chi connectivity index (χ3n) is 4.32. The monoisotopic (exact) mass is 406 g/mol. The van der Waals surface area contributed by atoms with Crippen molar-refractivity contribution in [1.82, 2.24) is 14.6 Å². The van der Waals surface area contributed by atoms with Crippen molar-refractivity contribution in [1.29, 1.82) is 0 Å². The van der Waals surface area contributed by atoms with Gasteiger partial charge in [0.1, 0.15) is 5.75 Å². The smallest absolute Gasteiger partial charge is 0.243 e. The Kier molecular flexibility index (Phi) is 6.25. The third-order valence-corrected chi connectivity index (χ3v) is 6.47. The number of sulfonamides is 1. The fourth-order valence-electron chi connectivity index (χ4n) is 2.87. The normalized spacial score (nSPS) is 14.7. The summed E-state index contributed by atoms with van der Waals surface area (Å²) < 4.78 is 32.4. The summed E-state index contributed by atoms with van der Waals surface area (Å²) >= 11 is 5.33. The molecule has 0 atom stereocenters. The molecule has 2 heterocycles. The highest BCUT2D eigenvalue weighted by Crippen LogP contribution is 2.30. The van der Waals surface area contributed by atoms with Gasteiger partial charge in [-0.3, -0.25) is 4.98 Å². The lowest BCUT2D eigenvalue weighted by Gasteiger charge is -2.18. The summed E-state index contributed by atoms with van der Waals surface area (Å²) in [4.78, 5) is 4.20. The van der Waals surface area contributed by atoms with Crippen LogP contribution in [0.4, 0.5) is 5.69 Å². The minimum absolute atomic E-state index is 0.227. The van der Waals surface area contributed by atoms with E-state index in [4.69, 9.17) is 17.0 Å². The average molecular weight is 407 g/mol. The molecule has 0 radical (unpaired) electrons. The fraction of sp³-hybridized carbons (Fsp3) is 0.333. The Morgan fingerprint density at radius 2 is 1.93 bits per heavy atom. The number of benzene rings is 1. The summed E-state index contributed by atoms with van der Waals surface area (Å²) in [5.74, 6) is 0.517. The summed E-state index contributed by atoms with van der Waals surface area (Å²) in [5, 5.41) is 6.50. The second-order valence-electron chi connectivity index (χ2n) is 6.14. The van der Waals surface area contributed by atoms with Gasteiger partial charge in [0.25, 0.3) is 0 Å². The molecule has 3 rings (SSSR count). The maximum atomic E-state index is 12.8. The number of aromatic nitrogens is 1. The minimum atomic E-state index is -3.51. The SMILES string of the molecule is COc1ccc(S(=O)(=O)N2CCCC2)cc1NC(=S)NCc1ccncc1. The van der Waals surface area contributed by atoms with Crippen LogP contribution in [0.15, 0.2) is 47.6 Å². The molecule has 0 unspecified atom stereocenters. The van der Waals surface area contributed by atoms with Crippen molar-refractivity contribution in [2.45, 2.75) is 24.3 Å². The lowest BCUT2D eigenvalue weighted by Crippen LogP contribution is -2.29. The van der Waals surface area contributed by atoms with Gasteiger partial charge < -0.3 is 15.4 Å². The van der Waals surface area contributed by atoms with Crippen LogP contribution in [-0.4, -0.2) is 43.0 Å². The molecule has 9 heteroatoms. The minimum Gasteiger partial charge on any atom is -0.495 e. The van der Waals surface area contributed by atoms with E-state index in [1.807, 2.05) is 12.1 Å². The number of ether oxygens (including phenoxy) is 1. The van der Waals surface area contributed by atoms with E-state index in [0.29, 0.717) is 36.2 Å². The number of methoxy groups -OCH3 is 1. The van der Waals surface area contributed by atoms with Crippen LogP contribution in [0.5, 0.6) is 5.75 Å². The lowest BCUT2D eigenvalue weighted by atomic mass is 10.3. The zero-order chi connectivity index (χ0) is 19.3. The quantitative estimate of drug-likeness (QED) is 0.713. The van der Waals surface area contributed by atoms with E-state index in [1.165, 1.54) is 11.4 Å². The van der Waals surface area contributed by atoms with Gasteiger partial charge in [0.2, 0.25) is 10.0 Å². The molecule has 1 fully saturated rings. The number of nitrogens with one attached hydrogen (secondary N) is 2. The largest absolute Gasteiger partial charge is 0.495 e. The summed E-state index contributed by atoms with van der Waals surface area (Å²) in [7, 11) is -1.98. The van der Waals surface area contributed by atoms with E-state index in [0.717, 1.165) is 18.4 Å². The van der Waals surface area contributed by atoms with Crippen LogP contribution in [0, 0.1) is 0 Å². The Bertz CT molecular complexity index is 898. The molecule has 0 saturated carbocycles. The Hall–Kier alpha value is -2.23. The van der Waals surface area contributed by atoms with Crippen LogP contribution in [0.1, 0.15) is 18.4 Å². The van der Waals surface area contributed by atoms with Gasteiger partial charge in [0, 0.05) is 32.0 Å². The first-order chi connectivity index (χ1) is 13.0. The second kappa shape index (κ2) is 8.64. The summed E-state index contributed by atoms with van der Waals surface area (Å²) in [5.41, 5.74) is 1.54. The second-order valence-corrected chi connectivity index (χ2v) is 8.48. The molecule has 1 aromatic carbocycles.